The van der Waals surface area contributed by atoms with Gasteiger partial charge in [0.25, 0.3) is 0 Å². The molecule has 0 saturated carbocycles. The second-order valence-corrected chi connectivity index (χ2v) is 5.99. The molecule has 0 aliphatic carbocycles. The standard InChI is InChI=1S/C24H19NO3/c25-18-21(20-9-3-1-4-10-20)16-19-8-7-13-23(17-19)28-24(26)14-15-27-22-11-5-2-6-12-22/h1-13,16-17H,14-15H2/b21-16-. The minimum Gasteiger partial charge on any atom is -0.493 e. The van der Waals surface area contributed by atoms with Crippen molar-refractivity contribution < 1.29 is 14.3 Å². The Hall–Kier alpha value is -3.84. The number of ether oxygens (including phenoxy) is 2. The van der Waals surface area contributed by atoms with E-state index in [1.54, 1.807) is 24.3 Å². The Morgan fingerprint density at radius 3 is 2.29 bits per heavy atom. The zero-order valence-electron chi connectivity index (χ0n) is 15.2. The van der Waals surface area contributed by atoms with Crippen molar-refractivity contribution in [3.05, 3.63) is 96.1 Å². The van der Waals surface area contributed by atoms with Gasteiger partial charge in [-0.05, 0) is 41.5 Å². The summed E-state index contributed by atoms with van der Waals surface area (Å²) >= 11 is 0. The number of para-hydroxylation sites is 1. The minimum absolute atomic E-state index is 0.141. The molecule has 4 heteroatoms. The number of nitriles is 1. The van der Waals surface area contributed by atoms with Crippen molar-refractivity contribution in [3.63, 3.8) is 0 Å². The van der Waals surface area contributed by atoms with Crippen LogP contribution in [0.5, 0.6) is 11.5 Å². The lowest BCUT2D eigenvalue weighted by atomic mass is 10.0. The van der Waals surface area contributed by atoms with Gasteiger partial charge in [-0.15, -0.1) is 0 Å². The van der Waals surface area contributed by atoms with Gasteiger partial charge in [-0.3, -0.25) is 4.79 Å². The number of hydrogen-bond donors (Lipinski definition) is 0. The first-order chi connectivity index (χ1) is 13.7. The molecule has 4 nitrogen and oxygen atoms in total. The van der Waals surface area contributed by atoms with Crippen LogP contribution < -0.4 is 9.47 Å². The summed E-state index contributed by atoms with van der Waals surface area (Å²) in [6.45, 7) is 0.245. The fourth-order valence-electron chi connectivity index (χ4n) is 2.58. The maximum absolute atomic E-state index is 12.0. The number of esters is 1. The van der Waals surface area contributed by atoms with E-state index in [0.717, 1.165) is 11.1 Å². The van der Waals surface area contributed by atoms with E-state index in [2.05, 4.69) is 6.07 Å². The highest BCUT2D eigenvalue weighted by Gasteiger charge is 2.07. The van der Waals surface area contributed by atoms with Gasteiger partial charge in [-0.1, -0.05) is 60.7 Å². The van der Waals surface area contributed by atoms with Crippen LogP contribution >= 0.6 is 0 Å². The summed E-state index contributed by atoms with van der Waals surface area (Å²) in [5.41, 5.74) is 2.16. The topological polar surface area (TPSA) is 59.3 Å². The first-order valence-electron chi connectivity index (χ1n) is 8.90. The highest BCUT2D eigenvalue weighted by molar-refractivity contribution is 5.89. The summed E-state index contributed by atoms with van der Waals surface area (Å²) in [6, 6.07) is 28.0. The van der Waals surface area contributed by atoms with Crippen molar-refractivity contribution in [1.29, 1.82) is 5.26 Å². The van der Waals surface area contributed by atoms with Crippen LogP contribution in [0.15, 0.2) is 84.9 Å². The molecule has 0 fully saturated rings. The number of carbonyl (C=O) groups excluding carboxylic acids is 1. The fraction of sp³-hybridized carbons (Fsp3) is 0.0833. The predicted octanol–water partition coefficient (Wildman–Crippen LogP) is 5.13. The Kier molecular flexibility index (Phi) is 6.59. The average Bonchev–Trinajstić information content (AvgIpc) is 2.74. The van der Waals surface area contributed by atoms with Crippen LogP contribution in [0.25, 0.3) is 11.6 Å². The molecule has 0 aliphatic rings. The first-order valence-corrected chi connectivity index (χ1v) is 8.90. The third kappa shape index (κ3) is 5.58. The van der Waals surface area contributed by atoms with Crippen LogP contribution in [-0.2, 0) is 4.79 Å². The number of allylic oxidation sites excluding steroid dienone is 1. The fourth-order valence-corrected chi connectivity index (χ4v) is 2.58. The molecule has 0 unspecified atom stereocenters. The molecular formula is C24H19NO3. The molecular weight excluding hydrogens is 350 g/mol. The molecule has 28 heavy (non-hydrogen) atoms. The Bertz CT molecular complexity index is 989. The Labute approximate surface area is 164 Å². The molecule has 0 heterocycles. The van der Waals surface area contributed by atoms with E-state index < -0.39 is 0 Å². The van der Waals surface area contributed by atoms with E-state index in [-0.39, 0.29) is 19.0 Å². The maximum atomic E-state index is 12.0. The second kappa shape index (κ2) is 9.75. The van der Waals surface area contributed by atoms with Gasteiger partial charge in [0.2, 0.25) is 0 Å². The molecule has 0 aromatic heterocycles. The van der Waals surface area contributed by atoms with Crippen molar-refractivity contribution in [2.24, 2.45) is 0 Å². The summed E-state index contributed by atoms with van der Waals surface area (Å²) in [5.74, 6) is 0.775. The lowest BCUT2D eigenvalue weighted by Crippen LogP contribution is -2.12. The van der Waals surface area contributed by atoms with Gasteiger partial charge < -0.3 is 9.47 Å². The Morgan fingerprint density at radius 1 is 0.893 bits per heavy atom. The molecule has 0 radical (unpaired) electrons. The molecule has 3 rings (SSSR count). The molecule has 0 aliphatic heterocycles. The number of rotatable bonds is 7. The SMILES string of the molecule is N#C/C(=C/c1cccc(OC(=O)CCOc2ccccc2)c1)c1ccccc1. The summed E-state index contributed by atoms with van der Waals surface area (Å²) in [4.78, 5) is 12.0. The van der Waals surface area contributed by atoms with E-state index in [4.69, 9.17) is 9.47 Å². The lowest BCUT2D eigenvalue weighted by molar-refractivity contribution is -0.134. The predicted molar refractivity (Wildman–Crippen MR) is 109 cm³/mol. The minimum atomic E-state index is -0.374. The molecule has 0 atom stereocenters. The zero-order chi connectivity index (χ0) is 19.6. The van der Waals surface area contributed by atoms with Gasteiger partial charge >= 0.3 is 5.97 Å². The normalized spacial score (nSPS) is 10.8. The average molecular weight is 369 g/mol. The molecule has 0 bridgehead atoms. The second-order valence-electron chi connectivity index (χ2n) is 5.99. The van der Waals surface area contributed by atoms with Gasteiger partial charge in [0, 0.05) is 0 Å². The highest BCUT2D eigenvalue weighted by atomic mass is 16.5. The van der Waals surface area contributed by atoms with Gasteiger partial charge in [-0.25, -0.2) is 0 Å². The van der Waals surface area contributed by atoms with E-state index >= 15 is 0 Å². The summed E-state index contributed by atoms with van der Waals surface area (Å²) in [5, 5.41) is 9.43. The van der Waals surface area contributed by atoms with Crippen molar-refractivity contribution in [2.75, 3.05) is 6.61 Å². The van der Waals surface area contributed by atoms with Crippen LogP contribution in [0.1, 0.15) is 17.5 Å². The molecule has 0 saturated heterocycles. The molecule has 0 amide bonds. The van der Waals surface area contributed by atoms with Crippen molar-refractivity contribution in [3.8, 4) is 17.6 Å². The molecule has 0 spiro atoms. The van der Waals surface area contributed by atoms with Crippen LogP contribution in [-0.4, -0.2) is 12.6 Å². The number of nitrogens with zero attached hydrogens (tertiary/aromatic N) is 1. The first kappa shape index (κ1) is 18.9. The summed E-state index contributed by atoms with van der Waals surface area (Å²) in [7, 11) is 0. The van der Waals surface area contributed by atoms with E-state index in [1.807, 2.05) is 66.7 Å². The maximum Gasteiger partial charge on any atom is 0.314 e. The number of hydrogen-bond acceptors (Lipinski definition) is 4. The number of carbonyl (C=O) groups is 1. The summed E-state index contributed by atoms with van der Waals surface area (Å²) in [6.07, 6.45) is 1.91. The van der Waals surface area contributed by atoms with Gasteiger partial charge in [0.15, 0.2) is 0 Å². The van der Waals surface area contributed by atoms with Gasteiger partial charge in [-0.2, -0.15) is 5.26 Å². The number of benzene rings is 3. The molecule has 0 N–H and O–H groups in total. The molecule has 3 aromatic rings. The van der Waals surface area contributed by atoms with Gasteiger partial charge in [0.1, 0.15) is 11.5 Å². The third-order valence-electron chi connectivity index (χ3n) is 3.92. The van der Waals surface area contributed by atoms with Crippen LogP contribution in [0.3, 0.4) is 0 Å². The monoisotopic (exact) mass is 369 g/mol. The van der Waals surface area contributed by atoms with Gasteiger partial charge in [0.05, 0.1) is 24.7 Å². The van der Waals surface area contributed by atoms with Crippen LogP contribution in [0.2, 0.25) is 0 Å². The quantitative estimate of drug-likeness (QED) is 0.251. The van der Waals surface area contributed by atoms with Crippen LogP contribution in [0, 0.1) is 11.3 Å². The van der Waals surface area contributed by atoms with Crippen molar-refractivity contribution in [2.45, 2.75) is 6.42 Å². The van der Waals surface area contributed by atoms with E-state index in [0.29, 0.717) is 17.1 Å². The highest BCUT2D eigenvalue weighted by Crippen LogP contribution is 2.21. The van der Waals surface area contributed by atoms with E-state index in [9.17, 15) is 10.1 Å². The Morgan fingerprint density at radius 2 is 1.57 bits per heavy atom. The largest absolute Gasteiger partial charge is 0.493 e. The lowest BCUT2D eigenvalue weighted by Gasteiger charge is -2.07. The van der Waals surface area contributed by atoms with Crippen LogP contribution in [0.4, 0.5) is 0 Å². The van der Waals surface area contributed by atoms with Crippen molar-refractivity contribution >= 4 is 17.6 Å². The molecule has 3 aromatic carbocycles. The van der Waals surface area contributed by atoms with E-state index in [1.165, 1.54) is 0 Å². The zero-order valence-corrected chi connectivity index (χ0v) is 15.2. The smallest absolute Gasteiger partial charge is 0.314 e. The Balaban J connectivity index is 1.60. The third-order valence-corrected chi connectivity index (χ3v) is 3.92. The van der Waals surface area contributed by atoms with Crippen molar-refractivity contribution in [1.82, 2.24) is 0 Å². The summed E-state index contributed by atoms with van der Waals surface area (Å²) < 4.78 is 10.9. The molecule has 138 valence electrons.